The summed E-state index contributed by atoms with van der Waals surface area (Å²) in [7, 11) is 0. The van der Waals surface area contributed by atoms with Gasteiger partial charge in [-0.15, -0.1) is 11.4 Å². The third kappa shape index (κ3) is 2.91. The maximum Gasteiger partial charge on any atom is 0.279 e. The fraction of sp³-hybridized carbons (Fsp3) is 0.111. The van der Waals surface area contributed by atoms with Crippen molar-refractivity contribution in [2.45, 2.75) is 5.76 Å². The molecule has 0 aliphatic heterocycles. The maximum atomic E-state index is 11.9. The Kier molecular flexibility index (Phi) is 3.74. The van der Waals surface area contributed by atoms with Crippen molar-refractivity contribution in [1.29, 1.82) is 5.26 Å². The Morgan fingerprint density at radius 1 is 1.36 bits per heavy atom. The molecule has 2 nitrogen and oxygen atoms in total. The van der Waals surface area contributed by atoms with E-state index in [9.17, 15) is 13.9 Å². The summed E-state index contributed by atoms with van der Waals surface area (Å²) in [5.41, 5.74) is 0.737. The van der Waals surface area contributed by atoms with Gasteiger partial charge in [0.1, 0.15) is 5.05 Å². The van der Waals surface area contributed by atoms with Gasteiger partial charge in [0.25, 0.3) is 5.76 Å². The molecular formula is C9H7F2NOS. The van der Waals surface area contributed by atoms with E-state index in [1.807, 2.05) is 6.07 Å². The summed E-state index contributed by atoms with van der Waals surface area (Å²) in [6, 6.07) is 7.69. The van der Waals surface area contributed by atoms with E-state index >= 15 is 0 Å². The predicted molar refractivity (Wildman–Crippen MR) is 52.9 cm³/mol. The van der Waals surface area contributed by atoms with Gasteiger partial charge in [-0.25, -0.2) is 0 Å². The topological polar surface area (TPSA) is 44.0 Å². The normalized spacial score (nSPS) is 12.1. The second kappa shape index (κ2) is 4.84. The highest BCUT2D eigenvalue weighted by Gasteiger charge is 2.02. The maximum absolute atomic E-state index is 11.9. The van der Waals surface area contributed by atoms with Crippen LogP contribution in [-0.2, 0) is 0 Å². The van der Waals surface area contributed by atoms with Gasteiger partial charge < -0.3 is 5.11 Å². The smallest absolute Gasteiger partial charge is 0.279 e. The molecule has 0 amide bonds. The van der Waals surface area contributed by atoms with Crippen LogP contribution < -0.4 is 0 Å². The average Bonchev–Trinajstić information content (AvgIpc) is 2.17. The molecule has 0 bridgehead atoms. The van der Waals surface area contributed by atoms with Crippen molar-refractivity contribution in [3.05, 3.63) is 35.4 Å². The molecule has 0 radical (unpaired) electrons. The minimum atomic E-state index is -2.59. The molecule has 0 atom stereocenters. The second-order valence-electron chi connectivity index (χ2n) is 2.42. The van der Waals surface area contributed by atoms with Crippen LogP contribution in [0.1, 0.15) is 11.1 Å². The Labute approximate surface area is 83.4 Å². The second-order valence-corrected chi connectivity index (χ2v) is 3.49. The lowest BCUT2D eigenvalue weighted by molar-refractivity contribution is 0.254. The van der Waals surface area contributed by atoms with Crippen molar-refractivity contribution < 1.29 is 13.9 Å². The molecule has 5 heteroatoms. The number of halogens is 2. The molecule has 0 saturated heterocycles. The van der Waals surface area contributed by atoms with Gasteiger partial charge in [0.15, 0.2) is 0 Å². The van der Waals surface area contributed by atoms with Gasteiger partial charge in [-0.2, -0.15) is 14.0 Å². The molecule has 0 saturated carbocycles. The van der Waals surface area contributed by atoms with Crippen molar-refractivity contribution in [1.82, 2.24) is 0 Å². The van der Waals surface area contributed by atoms with E-state index in [1.165, 1.54) is 24.3 Å². The number of rotatable bonds is 2. The summed E-state index contributed by atoms with van der Waals surface area (Å²) in [6.45, 7) is 0. The summed E-state index contributed by atoms with van der Waals surface area (Å²) in [4.78, 5) is 0. The highest BCUT2D eigenvalue weighted by molar-refractivity contribution is 7.99. The van der Waals surface area contributed by atoms with E-state index in [0.717, 1.165) is 0 Å². The highest BCUT2D eigenvalue weighted by atomic mass is 32.1. The number of benzene rings is 1. The van der Waals surface area contributed by atoms with Gasteiger partial charge in [0.05, 0.1) is 11.6 Å². The minimum absolute atomic E-state index is 0.311. The Bertz CT molecular complexity index is 381. The van der Waals surface area contributed by atoms with Crippen LogP contribution >= 0.6 is 11.4 Å². The summed E-state index contributed by atoms with van der Waals surface area (Å²) in [6.07, 6.45) is 0. The first-order chi connectivity index (χ1) is 6.63. The van der Waals surface area contributed by atoms with E-state index in [1.54, 1.807) is 0 Å². The van der Waals surface area contributed by atoms with E-state index in [0.29, 0.717) is 11.1 Å². The lowest BCUT2D eigenvalue weighted by atomic mass is 10.2. The SMILES string of the molecule is N#Cc1ccc(C(O)=[SH]C(F)F)cc1. The average molecular weight is 215 g/mol. The molecule has 0 fully saturated rings. The zero-order chi connectivity index (χ0) is 10.6. The predicted octanol–water partition coefficient (Wildman–Crippen LogP) is 2.28. The van der Waals surface area contributed by atoms with E-state index in [-0.39, 0.29) is 5.05 Å². The fourth-order valence-corrected chi connectivity index (χ4v) is 1.34. The number of hydrogen-bond donors (Lipinski definition) is 2. The van der Waals surface area contributed by atoms with Gasteiger partial charge in [-0.1, -0.05) is 12.1 Å². The lowest BCUT2D eigenvalue weighted by Crippen LogP contribution is -1.97. The Morgan fingerprint density at radius 3 is 2.36 bits per heavy atom. The largest absolute Gasteiger partial charge is 0.355 e. The van der Waals surface area contributed by atoms with Gasteiger partial charge in [0.2, 0.25) is 0 Å². The van der Waals surface area contributed by atoms with Gasteiger partial charge in [-0.3, -0.25) is 0 Å². The zero-order valence-electron chi connectivity index (χ0n) is 6.98. The minimum Gasteiger partial charge on any atom is -0.355 e. The Morgan fingerprint density at radius 2 is 1.93 bits per heavy atom. The quantitative estimate of drug-likeness (QED) is 0.587. The summed E-state index contributed by atoms with van der Waals surface area (Å²) < 4.78 is 23.7. The summed E-state index contributed by atoms with van der Waals surface area (Å²) in [5.74, 6) is -2.59. The molecule has 1 N–H and O–H groups in total. The van der Waals surface area contributed by atoms with Crippen molar-refractivity contribution >= 4 is 16.4 Å². The molecule has 1 rings (SSSR count). The fourth-order valence-electron chi connectivity index (χ4n) is 0.861. The Balaban J connectivity index is 2.93. The van der Waals surface area contributed by atoms with E-state index < -0.39 is 17.1 Å². The Hall–Kier alpha value is -1.25. The number of hydrogen-bond acceptors (Lipinski definition) is 1. The highest BCUT2D eigenvalue weighted by Crippen LogP contribution is 2.11. The summed E-state index contributed by atoms with van der Waals surface area (Å²) in [5, 5.41) is 17.3. The number of alkyl halides is 2. The monoisotopic (exact) mass is 215 g/mol. The van der Waals surface area contributed by atoms with Crippen molar-refractivity contribution in [2.75, 3.05) is 0 Å². The molecule has 0 aliphatic rings. The van der Waals surface area contributed by atoms with Crippen LogP contribution in [-0.4, -0.2) is 15.9 Å². The first-order valence-corrected chi connectivity index (χ1v) is 4.65. The van der Waals surface area contributed by atoms with Gasteiger partial charge in [-0.05, 0) is 12.1 Å². The van der Waals surface area contributed by atoms with Crippen LogP contribution in [0.3, 0.4) is 0 Å². The van der Waals surface area contributed by atoms with Crippen LogP contribution in [0.25, 0.3) is 0 Å². The van der Waals surface area contributed by atoms with Crippen molar-refractivity contribution in [3.63, 3.8) is 0 Å². The van der Waals surface area contributed by atoms with Crippen LogP contribution in [0.15, 0.2) is 24.3 Å². The molecule has 0 unspecified atom stereocenters. The molecule has 0 aliphatic carbocycles. The molecule has 0 heterocycles. The number of aliphatic hydroxyl groups is 1. The van der Waals surface area contributed by atoms with Gasteiger partial charge >= 0.3 is 0 Å². The van der Waals surface area contributed by atoms with E-state index in [2.05, 4.69) is 0 Å². The van der Waals surface area contributed by atoms with Crippen LogP contribution in [0, 0.1) is 11.3 Å². The lowest BCUT2D eigenvalue weighted by Gasteiger charge is -1.99. The van der Waals surface area contributed by atoms with Crippen LogP contribution in [0.2, 0.25) is 0 Å². The number of thiol groups is 1. The number of aliphatic hydroxyl groups excluding tert-OH is 1. The first-order valence-electron chi connectivity index (χ1n) is 3.69. The first kappa shape index (κ1) is 10.8. The molecule has 0 spiro atoms. The molecule has 1 aromatic carbocycles. The number of nitrogens with zero attached hydrogens (tertiary/aromatic N) is 1. The standard InChI is InChI=1S/C9H7F2NOS/c10-9(11)14-8(13)7-3-1-6(5-12)2-4-7/h1-4,9,13-14H. The molecule has 74 valence electrons. The third-order valence-electron chi connectivity index (χ3n) is 1.49. The third-order valence-corrected chi connectivity index (χ3v) is 2.19. The van der Waals surface area contributed by atoms with Gasteiger partial charge in [0, 0.05) is 5.56 Å². The zero-order valence-corrected chi connectivity index (χ0v) is 7.88. The van der Waals surface area contributed by atoms with Crippen molar-refractivity contribution in [2.24, 2.45) is 0 Å². The molecule has 1 aromatic rings. The number of nitriles is 1. The van der Waals surface area contributed by atoms with E-state index in [4.69, 9.17) is 5.26 Å². The molecule has 14 heavy (non-hydrogen) atoms. The van der Waals surface area contributed by atoms with Crippen molar-refractivity contribution in [3.8, 4) is 6.07 Å². The molecule has 0 aromatic heterocycles. The van der Waals surface area contributed by atoms with Crippen LogP contribution in [0.5, 0.6) is 0 Å². The van der Waals surface area contributed by atoms with Crippen LogP contribution in [0.4, 0.5) is 8.78 Å². The summed E-state index contributed by atoms with van der Waals surface area (Å²) >= 11 is -0.415. The molecular weight excluding hydrogens is 208 g/mol.